The SMILES string of the molecule is O=C(O)N1OC2NCCC2=C2C=CC=CC21. The molecule has 3 rings (SSSR count). The average Bonchev–Trinajstić information content (AvgIpc) is 2.75. The van der Waals surface area contributed by atoms with E-state index in [0.717, 1.165) is 23.6 Å². The van der Waals surface area contributed by atoms with E-state index in [4.69, 9.17) is 9.94 Å². The minimum absolute atomic E-state index is 0.279. The predicted molar refractivity (Wildman–Crippen MR) is 56.5 cm³/mol. The Kier molecular flexibility index (Phi) is 2.08. The fourth-order valence-corrected chi connectivity index (χ4v) is 2.36. The summed E-state index contributed by atoms with van der Waals surface area (Å²) in [5.41, 5.74) is 2.22. The molecular weight excluding hydrogens is 208 g/mol. The minimum atomic E-state index is -1.06. The molecule has 2 N–H and O–H groups in total. The van der Waals surface area contributed by atoms with E-state index in [9.17, 15) is 4.79 Å². The molecule has 2 heterocycles. The lowest BCUT2D eigenvalue weighted by atomic mass is 9.94. The fourth-order valence-electron chi connectivity index (χ4n) is 2.36. The number of carbonyl (C=O) groups is 1. The Labute approximate surface area is 92.6 Å². The van der Waals surface area contributed by atoms with Gasteiger partial charge in [0.05, 0.1) is 0 Å². The highest BCUT2D eigenvalue weighted by atomic mass is 16.7. The van der Waals surface area contributed by atoms with Crippen LogP contribution in [0.3, 0.4) is 0 Å². The summed E-state index contributed by atoms with van der Waals surface area (Å²) < 4.78 is 0. The van der Waals surface area contributed by atoms with Crippen LogP contribution in [-0.2, 0) is 4.84 Å². The van der Waals surface area contributed by atoms with Gasteiger partial charge in [-0.15, -0.1) is 0 Å². The van der Waals surface area contributed by atoms with Crippen molar-refractivity contribution >= 4 is 6.09 Å². The van der Waals surface area contributed by atoms with Gasteiger partial charge in [0.15, 0.2) is 6.23 Å². The van der Waals surface area contributed by atoms with Gasteiger partial charge in [0.25, 0.3) is 0 Å². The molecule has 84 valence electrons. The van der Waals surface area contributed by atoms with Crippen molar-refractivity contribution in [3.8, 4) is 0 Å². The largest absolute Gasteiger partial charge is 0.463 e. The third kappa shape index (κ3) is 1.29. The first-order chi connectivity index (χ1) is 7.77. The Morgan fingerprint density at radius 1 is 1.56 bits per heavy atom. The van der Waals surface area contributed by atoms with E-state index in [1.807, 2.05) is 24.3 Å². The summed E-state index contributed by atoms with van der Waals surface area (Å²) in [6.45, 7) is 0.835. The number of rotatable bonds is 0. The number of hydrogen-bond donors (Lipinski definition) is 2. The number of nitrogens with one attached hydrogen (secondary N) is 1. The number of carboxylic acid groups (broad SMARTS) is 1. The average molecular weight is 220 g/mol. The summed E-state index contributed by atoms with van der Waals surface area (Å²) in [5, 5.41) is 13.2. The molecule has 5 nitrogen and oxygen atoms in total. The van der Waals surface area contributed by atoms with Gasteiger partial charge in [-0.2, -0.15) is 5.06 Å². The minimum Gasteiger partial charge on any atom is -0.463 e. The van der Waals surface area contributed by atoms with Gasteiger partial charge in [-0.05, 0) is 17.6 Å². The second-order valence-electron chi connectivity index (χ2n) is 3.97. The molecule has 2 unspecified atom stereocenters. The van der Waals surface area contributed by atoms with Crippen molar-refractivity contribution < 1.29 is 14.7 Å². The van der Waals surface area contributed by atoms with Crippen LogP contribution in [0.15, 0.2) is 35.5 Å². The molecule has 16 heavy (non-hydrogen) atoms. The summed E-state index contributed by atoms with van der Waals surface area (Å²) in [4.78, 5) is 16.5. The van der Waals surface area contributed by atoms with Crippen molar-refractivity contribution in [1.82, 2.24) is 10.4 Å². The van der Waals surface area contributed by atoms with Gasteiger partial charge in [-0.3, -0.25) is 5.32 Å². The standard InChI is InChI=1S/C11H12N2O3/c14-11(15)13-9-4-2-1-3-7(9)8-5-6-12-10(8)16-13/h1-4,9-10,12H,5-6H2,(H,14,15). The van der Waals surface area contributed by atoms with Gasteiger partial charge in [0, 0.05) is 6.54 Å². The van der Waals surface area contributed by atoms with E-state index in [0.29, 0.717) is 0 Å². The highest BCUT2D eigenvalue weighted by molar-refractivity contribution is 5.66. The molecule has 1 aliphatic carbocycles. The molecule has 0 aromatic carbocycles. The summed E-state index contributed by atoms with van der Waals surface area (Å²) in [6, 6.07) is -0.298. The Morgan fingerprint density at radius 2 is 2.44 bits per heavy atom. The molecule has 1 amide bonds. The van der Waals surface area contributed by atoms with E-state index in [2.05, 4.69) is 5.32 Å². The van der Waals surface area contributed by atoms with Gasteiger partial charge in [0.2, 0.25) is 0 Å². The molecule has 0 bridgehead atoms. The number of allylic oxidation sites excluding steroid dienone is 2. The van der Waals surface area contributed by atoms with Crippen LogP contribution in [0, 0.1) is 0 Å². The lowest BCUT2D eigenvalue weighted by Gasteiger charge is -2.36. The molecule has 2 atom stereocenters. The number of fused-ring (bicyclic) bond motifs is 2. The van der Waals surface area contributed by atoms with Crippen LogP contribution in [0.2, 0.25) is 0 Å². The summed E-state index contributed by atoms with van der Waals surface area (Å²) in [5.74, 6) is 0. The molecule has 5 heteroatoms. The third-order valence-electron chi connectivity index (χ3n) is 3.07. The smallest absolute Gasteiger partial charge is 0.432 e. The van der Waals surface area contributed by atoms with Crippen molar-refractivity contribution in [1.29, 1.82) is 0 Å². The van der Waals surface area contributed by atoms with Crippen LogP contribution >= 0.6 is 0 Å². The summed E-state index contributed by atoms with van der Waals surface area (Å²) in [7, 11) is 0. The molecular formula is C11H12N2O3. The molecule has 0 aromatic heterocycles. The van der Waals surface area contributed by atoms with Crippen LogP contribution in [0.4, 0.5) is 4.79 Å². The van der Waals surface area contributed by atoms with Crippen molar-refractivity contribution in [2.45, 2.75) is 18.7 Å². The highest BCUT2D eigenvalue weighted by Crippen LogP contribution is 2.33. The monoisotopic (exact) mass is 220 g/mol. The summed E-state index contributed by atoms with van der Waals surface area (Å²) in [6.07, 6.45) is 7.16. The van der Waals surface area contributed by atoms with Gasteiger partial charge in [-0.1, -0.05) is 24.3 Å². The topological polar surface area (TPSA) is 61.8 Å². The van der Waals surface area contributed by atoms with Gasteiger partial charge >= 0.3 is 6.09 Å². The second-order valence-corrected chi connectivity index (χ2v) is 3.97. The maximum Gasteiger partial charge on any atom is 0.432 e. The Balaban J connectivity index is 2.05. The van der Waals surface area contributed by atoms with E-state index in [1.54, 1.807) is 0 Å². The number of amides is 1. The number of hydrogen-bond acceptors (Lipinski definition) is 3. The van der Waals surface area contributed by atoms with E-state index in [-0.39, 0.29) is 12.3 Å². The van der Waals surface area contributed by atoms with Crippen molar-refractivity contribution in [3.05, 3.63) is 35.5 Å². The van der Waals surface area contributed by atoms with Crippen LogP contribution in [0.25, 0.3) is 0 Å². The van der Waals surface area contributed by atoms with Crippen LogP contribution in [-0.4, -0.2) is 35.1 Å². The first kappa shape index (κ1) is 9.62. The first-order valence-electron chi connectivity index (χ1n) is 5.27. The predicted octanol–water partition coefficient (Wildman–Crippen LogP) is 1.02. The zero-order chi connectivity index (χ0) is 11.1. The maximum absolute atomic E-state index is 11.1. The van der Waals surface area contributed by atoms with Gasteiger partial charge in [0.1, 0.15) is 6.04 Å². The summed E-state index contributed by atoms with van der Waals surface area (Å²) >= 11 is 0. The third-order valence-corrected chi connectivity index (χ3v) is 3.07. The van der Waals surface area contributed by atoms with Crippen LogP contribution < -0.4 is 5.32 Å². The van der Waals surface area contributed by atoms with Gasteiger partial charge in [-0.25, -0.2) is 9.63 Å². The Hall–Kier alpha value is -1.59. The normalized spacial score (nSPS) is 31.6. The van der Waals surface area contributed by atoms with E-state index >= 15 is 0 Å². The molecule has 2 aliphatic heterocycles. The maximum atomic E-state index is 11.1. The lowest BCUT2D eigenvalue weighted by molar-refractivity contribution is -0.181. The van der Waals surface area contributed by atoms with Gasteiger partial charge < -0.3 is 5.11 Å². The molecule has 0 aromatic rings. The Bertz CT molecular complexity index is 425. The Morgan fingerprint density at radius 3 is 3.25 bits per heavy atom. The molecule has 1 fully saturated rings. The van der Waals surface area contributed by atoms with E-state index < -0.39 is 6.09 Å². The van der Waals surface area contributed by atoms with Crippen LogP contribution in [0.1, 0.15) is 6.42 Å². The quantitative estimate of drug-likeness (QED) is 0.640. The van der Waals surface area contributed by atoms with Crippen molar-refractivity contribution in [2.75, 3.05) is 6.54 Å². The van der Waals surface area contributed by atoms with Crippen molar-refractivity contribution in [2.24, 2.45) is 0 Å². The lowest BCUT2D eigenvalue weighted by Crippen LogP contribution is -2.49. The number of nitrogens with zero attached hydrogens (tertiary/aromatic N) is 1. The van der Waals surface area contributed by atoms with E-state index in [1.165, 1.54) is 5.57 Å². The zero-order valence-corrected chi connectivity index (χ0v) is 8.59. The van der Waals surface area contributed by atoms with Crippen LogP contribution in [0.5, 0.6) is 0 Å². The molecule has 0 radical (unpaired) electrons. The highest BCUT2D eigenvalue weighted by Gasteiger charge is 2.39. The zero-order valence-electron chi connectivity index (χ0n) is 8.59. The fraction of sp³-hybridized carbons (Fsp3) is 0.364. The second kappa shape index (κ2) is 3.47. The molecule has 0 saturated carbocycles. The molecule has 0 spiro atoms. The number of hydroxylamine groups is 2. The van der Waals surface area contributed by atoms with Crippen molar-refractivity contribution in [3.63, 3.8) is 0 Å². The molecule has 3 aliphatic rings. The molecule has 1 saturated heterocycles. The first-order valence-corrected chi connectivity index (χ1v) is 5.27.